The van der Waals surface area contributed by atoms with Crippen molar-refractivity contribution >= 4 is 19.9 Å². The van der Waals surface area contributed by atoms with Crippen LogP contribution in [0.25, 0.3) is 0 Å². The molecule has 1 aromatic carbocycles. The van der Waals surface area contributed by atoms with E-state index in [4.69, 9.17) is 25.5 Å². The minimum atomic E-state index is -1.87. The van der Waals surface area contributed by atoms with Gasteiger partial charge in [0, 0.05) is 24.1 Å². The van der Waals surface area contributed by atoms with E-state index in [2.05, 4.69) is 39.9 Å². The summed E-state index contributed by atoms with van der Waals surface area (Å²) in [6.45, 7) is 11.5. The van der Waals surface area contributed by atoms with Crippen LogP contribution < -0.4 is 0 Å². The molecule has 0 aliphatic heterocycles. The Labute approximate surface area is 140 Å². The van der Waals surface area contributed by atoms with Gasteiger partial charge in [0.15, 0.2) is 8.32 Å². The Morgan fingerprint density at radius 2 is 1.95 bits per heavy atom. The number of ether oxygens (including phenoxy) is 2. The quantitative estimate of drug-likeness (QED) is 0.559. The molecule has 22 heavy (non-hydrogen) atoms. The van der Waals surface area contributed by atoms with Crippen molar-refractivity contribution in [1.82, 2.24) is 0 Å². The molecule has 124 valence electrons. The van der Waals surface area contributed by atoms with Crippen LogP contribution in [-0.2, 0) is 20.3 Å². The summed E-state index contributed by atoms with van der Waals surface area (Å²) in [6.07, 6.45) is 0.695. The molecule has 1 aliphatic rings. The molecule has 0 heterocycles. The van der Waals surface area contributed by atoms with Gasteiger partial charge < -0.3 is 13.9 Å². The minimum absolute atomic E-state index is 0.00550. The van der Waals surface area contributed by atoms with Crippen LogP contribution in [0.2, 0.25) is 23.2 Å². The van der Waals surface area contributed by atoms with Crippen LogP contribution in [0.1, 0.15) is 38.0 Å². The first-order chi connectivity index (χ1) is 10.2. The van der Waals surface area contributed by atoms with Gasteiger partial charge in [-0.3, -0.25) is 0 Å². The lowest BCUT2D eigenvalue weighted by Gasteiger charge is -2.39. The van der Waals surface area contributed by atoms with E-state index < -0.39 is 8.32 Å². The first-order valence-corrected chi connectivity index (χ1v) is 11.0. The summed E-state index contributed by atoms with van der Waals surface area (Å²) in [7, 11) is -0.240. The normalized spacial score (nSPS) is 22.0. The lowest BCUT2D eigenvalue weighted by atomic mass is 10.1. The van der Waals surface area contributed by atoms with Gasteiger partial charge in [0.1, 0.15) is 12.9 Å². The van der Waals surface area contributed by atoms with Crippen molar-refractivity contribution in [1.29, 1.82) is 0 Å². The maximum absolute atomic E-state index is 6.61. The van der Waals surface area contributed by atoms with E-state index in [1.54, 1.807) is 7.11 Å². The molecule has 0 aromatic heterocycles. The van der Waals surface area contributed by atoms with Crippen LogP contribution in [0.3, 0.4) is 0 Å². The van der Waals surface area contributed by atoms with Crippen molar-refractivity contribution in [2.75, 3.05) is 13.9 Å². The van der Waals surface area contributed by atoms with E-state index in [-0.39, 0.29) is 24.0 Å². The molecule has 0 N–H and O–H groups in total. The molecule has 0 spiro atoms. The van der Waals surface area contributed by atoms with Crippen LogP contribution in [0.4, 0.5) is 0 Å². The number of fused-ring (bicyclic) bond motifs is 1. The van der Waals surface area contributed by atoms with Gasteiger partial charge in [0.2, 0.25) is 0 Å². The van der Waals surface area contributed by atoms with Gasteiger partial charge in [-0.05, 0) is 29.8 Å². The van der Waals surface area contributed by atoms with E-state index in [9.17, 15) is 0 Å². The monoisotopic (exact) mass is 342 g/mol. The highest BCUT2D eigenvalue weighted by Crippen LogP contribution is 2.45. The van der Waals surface area contributed by atoms with Crippen molar-refractivity contribution in [3.05, 3.63) is 34.3 Å². The number of halogens is 1. The van der Waals surface area contributed by atoms with Crippen molar-refractivity contribution in [2.24, 2.45) is 0 Å². The molecular weight excluding hydrogens is 316 g/mol. The van der Waals surface area contributed by atoms with Gasteiger partial charge in [0.05, 0.1) is 6.10 Å². The summed E-state index contributed by atoms with van der Waals surface area (Å²) >= 11 is 6.40. The van der Waals surface area contributed by atoms with Crippen LogP contribution in [0, 0.1) is 0 Å². The highest BCUT2D eigenvalue weighted by atomic mass is 35.5. The second-order valence-electron chi connectivity index (χ2n) is 7.43. The molecule has 0 saturated heterocycles. The summed E-state index contributed by atoms with van der Waals surface area (Å²) in [5.74, 6) is 0. The Morgan fingerprint density at radius 1 is 1.27 bits per heavy atom. The van der Waals surface area contributed by atoms with Gasteiger partial charge in [-0.2, -0.15) is 0 Å². The first kappa shape index (κ1) is 18.0. The van der Waals surface area contributed by atoms with Crippen molar-refractivity contribution < 1.29 is 13.9 Å². The van der Waals surface area contributed by atoms with Crippen LogP contribution in [0.15, 0.2) is 18.2 Å². The van der Waals surface area contributed by atoms with E-state index in [0.717, 1.165) is 17.0 Å². The molecule has 1 aromatic rings. The van der Waals surface area contributed by atoms with E-state index >= 15 is 0 Å². The molecule has 0 bridgehead atoms. The van der Waals surface area contributed by atoms with Crippen molar-refractivity contribution in [3.8, 4) is 0 Å². The van der Waals surface area contributed by atoms with E-state index in [1.165, 1.54) is 5.56 Å². The smallest absolute Gasteiger partial charge is 0.192 e. The topological polar surface area (TPSA) is 27.7 Å². The largest absolute Gasteiger partial charge is 0.411 e. The Balaban J connectivity index is 2.27. The number of rotatable bonds is 5. The van der Waals surface area contributed by atoms with Crippen molar-refractivity contribution in [3.63, 3.8) is 0 Å². The molecule has 2 atom stereocenters. The fraction of sp³-hybridized carbons (Fsp3) is 0.647. The summed E-state index contributed by atoms with van der Waals surface area (Å²) in [4.78, 5) is 0. The summed E-state index contributed by atoms with van der Waals surface area (Å²) in [6, 6.07) is 6.01. The third-order valence-corrected chi connectivity index (χ3v) is 9.64. The summed E-state index contributed by atoms with van der Waals surface area (Å²) in [5.41, 5.74) is 2.28. The molecule has 0 saturated carbocycles. The summed E-state index contributed by atoms with van der Waals surface area (Å²) < 4.78 is 17.6. The third-order valence-electron chi connectivity index (χ3n) is 4.80. The van der Waals surface area contributed by atoms with Gasteiger partial charge in [-0.1, -0.05) is 44.5 Å². The first-order valence-electron chi connectivity index (χ1n) is 7.73. The molecule has 3 nitrogen and oxygen atoms in total. The van der Waals surface area contributed by atoms with E-state index in [0.29, 0.717) is 0 Å². The Morgan fingerprint density at radius 3 is 2.55 bits per heavy atom. The lowest BCUT2D eigenvalue weighted by molar-refractivity contribution is -0.105. The molecule has 0 fully saturated rings. The van der Waals surface area contributed by atoms with Gasteiger partial charge in [-0.25, -0.2) is 0 Å². The second-order valence-corrected chi connectivity index (χ2v) is 12.6. The number of hydrogen-bond acceptors (Lipinski definition) is 3. The molecule has 0 amide bonds. The minimum Gasteiger partial charge on any atom is -0.411 e. The summed E-state index contributed by atoms with van der Waals surface area (Å²) in [5, 5.41) is 0.914. The molecule has 0 radical (unpaired) electrons. The zero-order chi connectivity index (χ0) is 16.5. The highest BCUT2D eigenvalue weighted by Gasteiger charge is 2.44. The number of methoxy groups -OCH3 is 1. The van der Waals surface area contributed by atoms with Crippen LogP contribution >= 0.6 is 11.6 Å². The predicted octanol–water partition coefficient (Wildman–Crippen LogP) is 4.95. The molecular formula is C17H27ClO3Si. The molecule has 1 aliphatic carbocycles. The standard InChI is InChI=1S/C17H27ClO3Si/c1-17(2,3)22(5,6)21-14-10-12-8-7-9-13(18)15(12)16(14)20-11-19-4/h7-9,14,16H,10-11H2,1-6H3/t14?,16-/m1/s1. The van der Waals surface area contributed by atoms with Crippen LogP contribution in [0.5, 0.6) is 0 Å². The molecule has 5 heteroatoms. The number of benzene rings is 1. The average molecular weight is 343 g/mol. The highest BCUT2D eigenvalue weighted by molar-refractivity contribution is 6.74. The van der Waals surface area contributed by atoms with Gasteiger partial charge in [0.25, 0.3) is 0 Å². The molecule has 2 rings (SSSR count). The fourth-order valence-corrected chi connectivity index (χ4v) is 4.20. The van der Waals surface area contributed by atoms with Crippen LogP contribution in [-0.4, -0.2) is 28.3 Å². The number of hydrogen-bond donors (Lipinski definition) is 0. The van der Waals surface area contributed by atoms with Crippen molar-refractivity contribution in [2.45, 2.75) is 57.5 Å². The molecule has 1 unspecified atom stereocenters. The zero-order valence-corrected chi connectivity index (χ0v) is 16.2. The zero-order valence-electron chi connectivity index (χ0n) is 14.4. The lowest BCUT2D eigenvalue weighted by Crippen LogP contribution is -2.45. The Kier molecular flexibility index (Phi) is 5.40. The third kappa shape index (κ3) is 3.57. The maximum Gasteiger partial charge on any atom is 0.192 e. The Bertz CT molecular complexity index is 525. The fourth-order valence-electron chi connectivity index (χ4n) is 2.58. The Hall–Kier alpha value is -0.393. The van der Waals surface area contributed by atoms with Gasteiger partial charge in [-0.15, -0.1) is 0 Å². The SMILES string of the molecule is COCO[C@H]1c2c(Cl)cccc2CC1O[Si](C)(C)C(C)(C)C. The van der Waals surface area contributed by atoms with Gasteiger partial charge >= 0.3 is 0 Å². The maximum atomic E-state index is 6.61. The van der Waals surface area contributed by atoms with E-state index in [1.807, 2.05) is 12.1 Å². The second kappa shape index (κ2) is 6.61. The average Bonchev–Trinajstić information content (AvgIpc) is 2.73. The predicted molar refractivity (Wildman–Crippen MR) is 92.9 cm³/mol.